The molecule has 150 valence electrons. The van der Waals surface area contributed by atoms with Crippen molar-refractivity contribution in [2.45, 2.75) is 31.1 Å². The first kappa shape index (κ1) is 20.4. The largest absolute Gasteiger partial charge is 0.376 e. The van der Waals surface area contributed by atoms with Gasteiger partial charge in [-0.3, -0.25) is 4.79 Å². The van der Waals surface area contributed by atoms with Gasteiger partial charge < -0.3 is 10.2 Å². The first-order chi connectivity index (χ1) is 13.3. The van der Waals surface area contributed by atoms with Crippen molar-refractivity contribution in [3.8, 4) is 0 Å². The fourth-order valence-electron chi connectivity index (χ4n) is 3.40. The summed E-state index contributed by atoms with van der Waals surface area (Å²) < 4.78 is 27.6. The van der Waals surface area contributed by atoms with Crippen molar-refractivity contribution >= 4 is 27.3 Å². The third kappa shape index (κ3) is 4.36. The Hall–Kier alpha value is -2.38. The number of amides is 1. The van der Waals surface area contributed by atoms with Crippen molar-refractivity contribution in [2.75, 3.05) is 37.4 Å². The summed E-state index contributed by atoms with van der Waals surface area (Å²) in [5.74, 6) is -0.265. The predicted molar refractivity (Wildman–Crippen MR) is 113 cm³/mol. The number of nitrogens with zero attached hydrogens (tertiary/aromatic N) is 2. The van der Waals surface area contributed by atoms with Crippen LogP contribution in [0.3, 0.4) is 0 Å². The van der Waals surface area contributed by atoms with Gasteiger partial charge in [-0.2, -0.15) is 4.31 Å². The number of aryl methyl sites for hydroxylation is 1. The summed E-state index contributed by atoms with van der Waals surface area (Å²) in [5.41, 5.74) is 2.75. The lowest BCUT2D eigenvalue weighted by Crippen LogP contribution is -2.35. The van der Waals surface area contributed by atoms with Crippen LogP contribution in [0, 0.1) is 6.92 Å². The van der Waals surface area contributed by atoms with Gasteiger partial charge >= 0.3 is 0 Å². The molecule has 0 spiro atoms. The summed E-state index contributed by atoms with van der Waals surface area (Å²) in [6, 6.07) is 12.2. The maximum atomic E-state index is 13.0. The molecular weight excluding hydrogens is 374 g/mol. The third-order valence-corrected chi connectivity index (χ3v) is 6.83. The van der Waals surface area contributed by atoms with Gasteiger partial charge in [-0.15, -0.1) is 0 Å². The van der Waals surface area contributed by atoms with Crippen LogP contribution in [-0.2, 0) is 10.0 Å². The van der Waals surface area contributed by atoms with Crippen molar-refractivity contribution in [3.63, 3.8) is 0 Å². The molecule has 1 saturated heterocycles. The standard InChI is InChI=1S/C21H27N3O3S/c1-16-8-7-9-17(14-16)21(25)22-19-15-18(10-11-20(19)23(2)3)28(26,27)24-12-5-4-6-13-24/h7-11,14-15H,4-6,12-13H2,1-3H3,(H,22,25). The summed E-state index contributed by atoms with van der Waals surface area (Å²) in [5, 5.41) is 2.89. The fourth-order valence-corrected chi connectivity index (χ4v) is 4.94. The zero-order valence-electron chi connectivity index (χ0n) is 16.6. The second-order valence-corrected chi connectivity index (χ2v) is 9.30. The van der Waals surface area contributed by atoms with E-state index in [2.05, 4.69) is 5.32 Å². The van der Waals surface area contributed by atoms with Crippen molar-refractivity contribution in [1.29, 1.82) is 0 Å². The van der Waals surface area contributed by atoms with Gasteiger partial charge in [0.05, 0.1) is 16.3 Å². The van der Waals surface area contributed by atoms with Crippen LogP contribution in [0.4, 0.5) is 11.4 Å². The maximum absolute atomic E-state index is 13.0. The number of benzene rings is 2. The number of anilines is 2. The molecule has 1 heterocycles. The Labute approximate surface area is 167 Å². The number of carbonyl (C=O) groups excluding carboxylic acids is 1. The monoisotopic (exact) mass is 401 g/mol. The van der Waals surface area contributed by atoms with Crippen molar-refractivity contribution < 1.29 is 13.2 Å². The maximum Gasteiger partial charge on any atom is 0.255 e. The lowest BCUT2D eigenvalue weighted by Gasteiger charge is -2.26. The van der Waals surface area contributed by atoms with Gasteiger partial charge in [0.2, 0.25) is 10.0 Å². The van der Waals surface area contributed by atoms with Gasteiger partial charge in [-0.25, -0.2) is 8.42 Å². The number of carbonyl (C=O) groups is 1. The number of nitrogens with one attached hydrogen (secondary N) is 1. The summed E-state index contributed by atoms with van der Waals surface area (Å²) in [7, 11) is 0.145. The SMILES string of the molecule is Cc1cccc(C(=O)Nc2cc(S(=O)(=O)N3CCCCC3)ccc2N(C)C)c1. The Kier molecular flexibility index (Phi) is 6.05. The van der Waals surface area contributed by atoms with Gasteiger partial charge in [0.15, 0.2) is 0 Å². The van der Waals surface area contributed by atoms with Crippen LogP contribution in [0.1, 0.15) is 35.2 Å². The highest BCUT2D eigenvalue weighted by molar-refractivity contribution is 7.89. The summed E-state index contributed by atoms with van der Waals surface area (Å²) in [6.45, 7) is 3.01. The highest BCUT2D eigenvalue weighted by Crippen LogP contribution is 2.30. The van der Waals surface area contributed by atoms with Crippen LogP contribution in [0.25, 0.3) is 0 Å². The van der Waals surface area contributed by atoms with E-state index in [0.717, 1.165) is 30.5 Å². The minimum atomic E-state index is -3.57. The number of piperidine rings is 1. The van der Waals surface area contributed by atoms with Gasteiger partial charge in [-0.05, 0) is 50.1 Å². The van der Waals surface area contributed by atoms with Crippen LogP contribution >= 0.6 is 0 Å². The average molecular weight is 402 g/mol. The molecule has 0 saturated carbocycles. The van der Waals surface area contributed by atoms with Crippen LogP contribution in [0.5, 0.6) is 0 Å². The molecule has 1 fully saturated rings. The van der Waals surface area contributed by atoms with Gasteiger partial charge in [0.25, 0.3) is 5.91 Å². The minimum absolute atomic E-state index is 0.208. The van der Waals surface area contributed by atoms with Gasteiger partial charge in [0, 0.05) is 32.7 Å². The van der Waals surface area contributed by atoms with Crippen LogP contribution < -0.4 is 10.2 Å². The van der Waals surface area contributed by atoms with Gasteiger partial charge in [0.1, 0.15) is 0 Å². The Balaban J connectivity index is 1.95. The van der Waals surface area contributed by atoms with Crippen LogP contribution in [-0.4, -0.2) is 45.8 Å². The van der Waals surface area contributed by atoms with E-state index in [-0.39, 0.29) is 10.8 Å². The molecule has 0 unspecified atom stereocenters. The molecule has 0 aliphatic carbocycles. The Morgan fingerprint density at radius 2 is 1.75 bits per heavy atom. The quantitative estimate of drug-likeness (QED) is 0.833. The van der Waals surface area contributed by atoms with E-state index in [1.54, 1.807) is 30.3 Å². The number of sulfonamides is 1. The van der Waals surface area contributed by atoms with E-state index in [1.165, 1.54) is 4.31 Å². The summed E-state index contributed by atoms with van der Waals surface area (Å²) in [6.07, 6.45) is 2.82. The molecule has 0 bridgehead atoms. The molecule has 2 aromatic rings. The van der Waals surface area contributed by atoms with E-state index in [0.29, 0.717) is 24.3 Å². The normalized spacial score (nSPS) is 15.2. The predicted octanol–water partition coefficient (Wildman–Crippen LogP) is 3.49. The Morgan fingerprint density at radius 1 is 1.04 bits per heavy atom. The molecule has 0 radical (unpaired) electrons. The first-order valence-electron chi connectivity index (χ1n) is 9.48. The fraction of sp³-hybridized carbons (Fsp3) is 0.381. The number of hydrogen-bond acceptors (Lipinski definition) is 4. The lowest BCUT2D eigenvalue weighted by molar-refractivity contribution is 0.102. The van der Waals surface area contributed by atoms with Crippen molar-refractivity contribution in [3.05, 3.63) is 53.6 Å². The van der Waals surface area contributed by atoms with E-state index < -0.39 is 10.0 Å². The van der Waals surface area contributed by atoms with Crippen LogP contribution in [0.2, 0.25) is 0 Å². The molecule has 0 aromatic heterocycles. The Bertz CT molecular complexity index is 965. The molecule has 28 heavy (non-hydrogen) atoms. The molecule has 3 rings (SSSR count). The average Bonchev–Trinajstić information content (AvgIpc) is 2.68. The highest BCUT2D eigenvalue weighted by Gasteiger charge is 2.27. The van der Waals surface area contributed by atoms with Gasteiger partial charge in [-0.1, -0.05) is 24.1 Å². The topological polar surface area (TPSA) is 69.7 Å². The molecule has 1 aliphatic heterocycles. The van der Waals surface area contributed by atoms with E-state index >= 15 is 0 Å². The molecule has 1 N–H and O–H groups in total. The van der Waals surface area contributed by atoms with E-state index in [1.807, 2.05) is 38.1 Å². The lowest BCUT2D eigenvalue weighted by atomic mass is 10.1. The smallest absolute Gasteiger partial charge is 0.255 e. The van der Waals surface area contributed by atoms with Crippen molar-refractivity contribution in [1.82, 2.24) is 4.31 Å². The molecule has 7 heteroatoms. The van der Waals surface area contributed by atoms with Crippen LogP contribution in [0.15, 0.2) is 47.4 Å². The second kappa shape index (κ2) is 8.32. The minimum Gasteiger partial charge on any atom is -0.376 e. The number of hydrogen-bond donors (Lipinski definition) is 1. The first-order valence-corrected chi connectivity index (χ1v) is 10.9. The second-order valence-electron chi connectivity index (χ2n) is 7.36. The van der Waals surface area contributed by atoms with E-state index in [9.17, 15) is 13.2 Å². The molecule has 1 amide bonds. The summed E-state index contributed by atoms with van der Waals surface area (Å²) in [4.78, 5) is 14.8. The molecule has 0 atom stereocenters. The molecule has 6 nitrogen and oxygen atoms in total. The zero-order chi connectivity index (χ0) is 20.3. The van der Waals surface area contributed by atoms with E-state index in [4.69, 9.17) is 0 Å². The third-order valence-electron chi connectivity index (χ3n) is 4.93. The number of rotatable bonds is 5. The van der Waals surface area contributed by atoms with Crippen molar-refractivity contribution in [2.24, 2.45) is 0 Å². The highest BCUT2D eigenvalue weighted by atomic mass is 32.2. The Morgan fingerprint density at radius 3 is 2.39 bits per heavy atom. The molecule has 1 aliphatic rings. The summed E-state index contributed by atoms with van der Waals surface area (Å²) >= 11 is 0. The zero-order valence-corrected chi connectivity index (χ0v) is 17.4. The molecular formula is C21H27N3O3S. The molecule has 2 aromatic carbocycles.